The van der Waals surface area contributed by atoms with Crippen molar-refractivity contribution >= 4 is 17.4 Å². The number of carbonyl (C=O) groups is 2. The summed E-state index contributed by atoms with van der Waals surface area (Å²) in [7, 11) is 3.10. The molecule has 29 heavy (non-hydrogen) atoms. The maximum atomic E-state index is 14.5. The Hall–Kier alpha value is -3.15. The molecule has 0 aromatic heterocycles. The summed E-state index contributed by atoms with van der Waals surface area (Å²) in [6.07, 6.45) is 1.73. The lowest BCUT2D eigenvalue weighted by atomic mass is 9.77. The molecule has 0 radical (unpaired) electrons. The minimum absolute atomic E-state index is 0.0138. The Bertz CT molecular complexity index is 1010. The number of para-hydroxylation sites is 1. The zero-order valence-electron chi connectivity index (χ0n) is 16.4. The highest BCUT2D eigenvalue weighted by Gasteiger charge is 2.40. The number of allylic oxidation sites excluding steroid dienone is 2. The number of halogens is 1. The highest BCUT2D eigenvalue weighted by Crippen LogP contribution is 2.45. The molecule has 0 bridgehead atoms. The maximum absolute atomic E-state index is 14.5. The first-order valence-electron chi connectivity index (χ1n) is 9.60. The highest BCUT2D eigenvalue weighted by molar-refractivity contribution is 6.07. The molecule has 1 atom stereocenters. The van der Waals surface area contributed by atoms with Crippen molar-refractivity contribution in [1.82, 2.24) is 0 Å². The van der Waals surface area contributed by atoms with Crippen LogP contribution in [0.3, 0.4) is 0 Å². The Morgan fingerprint density at radius 2 is 1.76 bits per heavy atom. The SMILES string of the molecule is COc1ccc(C2CC(=O)N(c3ccccc3F)C3=C2C(=O)CCC3)cc1OC. The van der Waals surface area contributed by atoms with E-state index in [-0.39, 0.29) is 29.7 Å². The third-order valence-electron chi connectivity index (χ3n) is 5.58. The quantitative estimate of drug-likeness (QED) is 0.771. The number of ketones is 1. The summed E-state index contributed by atoms with van der Waals surface area (Å²) in [5.74, 6) is 0.0570. The smallest absolute Gasteiger partial charge is 0.232 e. The molecule has 0 spiro atoms. The number of anilines is 1. The van der Waals surface area contributed by atoms with E-state index in [0.717, 1.165) is 5.56 Å². The van der Waals surface area contributed by atoms with Crippen molar-refractivity contribution in [2.45, 2.75) is 31.6 Å². The number of methoxy groups -OCH3 is 2. The molecule has 0 saturated carbocycles. The molecule has 1 aliphatic heterocycles. The van der Waals surface area contributed by atoms with Crippen LogP contribution in [-0.2, 0) is 9.59 Å². The molecule has 2 aromatic carbocycles. The van der Waals surface area contributed by atoms with Gasteiger partial charge in [0.2, 0.25) is 5.91 Å². The Kier molecular flexibility index (Phi) is 5.09. The van der Waals surface area contributed by atoms with Gasteiger partial charge >= 0.3 is 0 Å². The summed E-state index contributed by atoms with van der Waals surface area (Å²) in [6.45, 7) is 0. The fourth-order valence-corrected chi connectivity index (χ4v) is 4.26. The third-order valence-corrected chi connectivity index (χ3v) is 5.58. The van der Waals surface area contributed by atoms with Crippen molar-refractivity contribution < 1.29 is 23.5 Å². The molecule has 150 valence electrons. The Morgan fingerprint density at radius 3 is 2.48 bits per heavy atom. The maximum Gasteiger partial charge on any atom is 0.232 e. The van der Waals surface area contributed by atoms with Gasteiger partial charge in [0.05, 0.1) is 19.9 Å². The van der Waals surface area contributed by atoms with E-state index in [4.69, 9.17) is 9.47 Å². The van der Waals surface area contributed by atoms with Crippen molar-refractivity contribution in [3.05, 3.63) is 65.1 Å². The van der Waals surface area contributed by atoms with Gasteiger partial charge < -0.3 is 9.47 Å². The number of ether oxygens (including phenoxy) is 2. The van der Waals surface area contributed by atoms with E-state index in [1.54, 1.807) is 38.5 Å². The minimum atomic E-state index is -0.477. The van der Waals surface area contributed by atoms with Gasteiger partial charge in [-0.1, -0.05) is 18.2 Å². The van der Waals surface area contributed by atoms with Gasteiger partial charge in [0.1, 0.15) is 5.82 Å². The van der Waals surface area contributed by atoms with Gasteiger partial charge in [-0.15, -0.1) is 0 Å². The predicted octanol–water partition coefficient (Wildman–Crippen LogP) is 4.37. The number of nitrogens with zero attached hydrogens (tertiary/aromatic N) is 1. The van der Waals surface area contributed by atoms with E-state index in [9.17, 15) is 14.0 Å². The van der Waals surface area contributed by atoms with Crippen molar-refractivity contribution in [2.24, 2.45) is 0 Å². The Morgan fingerprint density at radius 1 is 1.00 bits per heavy atom. The molecule has 4 rings (SSSR count). The van der Waals surface area contributed by atoms with Crippen molar-refractivity contribution in [1.29, 1.82) is 0 Å². The average molecular weight is 395 g/mol. The van der Waals surface area contributed by atoms with Crippen LogP contribution < -0.4 is 14.4 Å². The van der Waals surface area contributed by atoms with Crippen LogP contribution in [0.5, 0.6) is 11.5 Å². The van der Waals surface area contributed by atoms with Crippen LogP contribution in [0.15, 0.2) is 53.7 Å². The number of benzene rings is 2. The van der Waals surface area contributed by atoms with E-state index >= 15 is 0 Å². The fourth-order valence-electron chi connectivity index (χ4n) is 4.26. The minimum Gasteiger partial charge on any atom is -0.493 e. The standard InChI is InChI=1S/C23H22FNO4/c1-28-20-11-10-14(12-21(20)29-2)15-13-22(27)25(17-7-4-3-6-16(17)24)18-8-5-9-19(26)23(15)18/h3-4,6-7,10-12,15H,5,8-9,13H2,1-2H3. The molecule has 1 unspecified atom stereocenters. The first-order valence-corrected chi connectivity index (χ1v) is 9.60. The van der Waals surface area contributed by atoms with Crippen LogP contribution in [0.1, 0.15) is 37.2 Å². The summed E-state index contributed by atoms with van der Waals surface area (Å²) in [5, 5.41) is 0. The van der Waals surface area contributed by atoms with Gasteiger partial charge in [-0.2, -0.15) is 0 Å². The van der Waals surface area contributed by atoms with Crippen LogP contribution in [0, 0.1) is 5.82 Å². The van der Waals surface area contributed by atoms with Crippen molar-refractivity contribution in [3.8, 4) is 11.5 Å². The highest BCUT2D eigenvalue weighted by atomic mass is 19.1. The summed E-state index contributed by atoms with van der Waals surface area (Å²) >= 11 is 0. The van der Waals surface area contributed by atoms with Crippen LogP contribution in [0.4, 0.5) is 10.1 Å². The molecular weight excluding hydrogens is 373 g/mol. The number of rotatable bonds is 4. The molecule has 2 aliphatic rings. The first kappa shape index (κ1) is 19.2. The third kappa shape index (κ3) is 3.28. The van der Waals surface area contributed by atoms with Gasteiger partial charge in [-0.25, -0.2) is 4.39 Å². The zero-order chi connectivity index (χ0) is 20.5. The normalized spacial score (nSPS) is 19.3. The molecule has 0 N–H and O–H groups in total. The van der Waals surface area contributed by atoms with Crippen molar-refractivity contribution in [3.63, 3.8) is 0 Å². The molecule has 5 nitrogen and oxygen atoms in total. The lowest BCUT2D eigenvalue weighted by Crippen LogP contribution is -2.41. The zero-order valence-corrected chi connectivity index (χ0v) is 16.4. The predicted molar refractivity (Wildman–Crippen MR) is 107 cm³/mol. The monoisotopic (exact) mass is 395 g/mol. The van der Waals surface area contributed by atoms with E-state index in [1.165, 1.54) is 11.0 Å². The molecule has 6 heteroatoms. The molecular formula is C23H22FNO4. The Labute approximate surface area is 168 Å². The summed E-state index contributed by atoms with van der Waals surface area (Å²) < 4.78 is 25.2. The van der Waals surface area contributed by atoms with Crippen LogP contribution in [-0.4, -0.2) is 25.9 Å². The lowest BCUT2D eigenvalue weighted by Gasteiger charge is -2.38. The van der Waals surface area contributed by atoms with E-state index < -0.39 is 5.82 Å². The lowest BCUT2D eigenvalue weighted by molar-refractivity contribution is -0.120. The van der Waals surface area contributed by atoms with Crippen LogP contribution in [0.2, 0.25) is 0 Å². The second-order valence-corrected chi connectivity index (χ2v) is 7.19. The average Bonchev–Trinajstić information content (AvgIpc) is 2.73. The Balaban J connectivity index is 1.86. The topological polar surface area (TPSA) is 55.8 Å². The van der Waals surface area contributed by atoms with E-state index in [0.29, 0.717) is 42.0 Å². The van der Waals surface area contributed by atoms with Gasteiger partial charge in [-0.3, -0.25) is 14.5 Å². The molecule has 1 aliphatic carbocycles. The van der Waals surface area contributed by atoms with E-state index in [1.807, 2.05) is 12.1 Å². The second-order valence-electron chi connectivity index (χ2n) is 7.19. The number of hydrogen-bond acceptors (Lipinski definition) is 4. The van der Waals surface area contributed by atoms with E-state index in [2.05, 4.69) is 0 Å². The molecule has 0 fully saturated rings. The fraction of sp³-hybridized carbons (Fsp3) is 0.304. The summed E-state index contributed by atoms with van der Waals surface area (Å²) in [4.78, 5) is 27.4. The number of Topliss-reactive ketones (excluding diaryl/α,β-unsaturated/α-hetero) is 1. The van der Waals surface area contributed by atoms with Crippen LogP contribution >= 0.6 is 0 Å². The number of hydrogen-bond donors (Lipinski definition) is 0. The van der Waals surface area contributed by atoms with Gasteiger partial charge in [-0.05, 0) is 42.7 Å². The summed E-state index contributed by atoms with van der Waals surface area (Å²) in [6, 6.07) is 11.6. The molecule has 1 heterocycles. The van der Waals surface area contributed by atoms with Crippen LogP contribution in [0.25, 0.3) is 0 Å². The second kappa shape index (κ2) is 7.70. The number of amides is 1. The van der Waals surface area contributed by atoms with Crippen molar-refractivity contribution in [2.75, 3.05) is 19.1 Å². The first-order chi connectivity index (χ1) is 14.0. The molecule has 1 amide bonds. The van der Waals surface area contributed by atoms with Gasteiger partial charge in [0.15, 0.2) is 17.3 Å². The summed E-state index contributed by atoms with van der Waals surface area (Å²) in [5.41, 5.74) is 2.23. The molecule has 2 aromatic rings. The van der Waals surface area contributed by atoms with Gasteiger partial charge in [0.25, 0.3) is 0 Å². The largest absolute Gasteiger partial charge is 0.493 e. The number of carbonyl (C=O) groups excluding carboxylic acids is 2. The van der Waals surface area contributed by atoms with Gasteiger partial charge in [0, 0.05) is 30.0 Å². The molecule has 0 saturated heterocycles.